The van der Waals surface area contributed by atoms with E-state index in [0.717, 1.165) is 6.54 Å². The predicted octanol–water partition coefficient (Wildman–Crippen LogP) is 0.622. The van der Waals surface area contributed by atoms with Crippen LogP contribution in [-0.2, 0) is 9.84 Å². The molecule has 1 fully saturated rings. The summed E-state index contributed by atoms with van der Waals surface area (Å²) in [5, 5.41) is 2.78. The summed E-state index contributed by atoms with van der Waals surface area (Å²) in [6, 6.07) is 9.51. The molecular weight excluding hydrogens is 198 g/mol. The topological polar surface area (TPSA) is 46.2 Å². The Balaban J connectivity index is 2.33. The van der Waals surface area contributed by atoms with Gasteiger partial charge in [-0.3, -0.25) is 0 Å². The molecule has 4 heteroatoms. The average molecular weight is 210 g/mol. The summed E-state index contributed by atoms with van der Waals surface area (Å²) in [5.74, 6) is 0. The lowest BCUT2D eigenvalue weighted by atomic mass is 10.4. The van der Waals surface area contributed by atoms with Crippen molar-refractivity contribution >= 4 is 9.84 Å². The Morgan fingerprint density at radius 2 is 2.29 bits per heavy atom. The molecule has 2 rings (SSSR count). The highest BCUT2D eigenvalue weighted by Crippen LogP contribution is 2.19. The summed E-state index contributed by atoms with van der Waals surface area (Å²) >= 11 is 0. The number of benzene rings is 1. The summed E-state index contributed by atoms with van der Waals surface area (Å²) in [6.45, 7) is 1.35. The van der Waals surface area contributed by atoms with Crippen LogP contribution in [0.1, 0.15) is 6.42 Å². The number of rotatable bonds is 2. The summed E-state index contributed by atoms with van der Waals surface area (Å²) in [6.07, 6.45) is 0.699. The van der Waals surface area contributed by atoms with E-state index in [0.29, 0.717) is 17.9 Å². The molecule has 1 aliphatic rings. The zero-order valence-corrected chi connectivity index (χ0v) is 8.55. The maximum Gasteiger partial charge on any atom is 0.183 e. The Kier molecular flexibility index (Phi) is 2.56. The second kappa shape index (κ2) is 3.71. The number of hydrogen-bond acceptors (Lipinski definition) is 3. The second-order valence-electron chi connectivity index (χ2n) is 3.39. The van der Waals surface area contributed by atoms with Crippen molar-refractivity contribution in [3.05, 3.63) is 30.3 Å². The lowest BCUT2D eigenvalue weighted by Gasteiger charge is -2.09. The maximum atomic E-state index is 12.0. The van der Waals surface area contributed by atoms with Gasteiger partial charge in [0.05, 0.1) is 10.1 Å². The van der Waals surface area contributed by atoms with Gasteiger partial charge in [-0.1, -0.05) is 18.2 Å². The molecule has 0 saturated carbocycles. The van der Waals surface area contributed by atoms with E-state index in [1.54, 1.807) is 24.3 Å². The molecule has 1 aliphatic heterocycles. The Labute approximate surface area is 84.1 Å². The van der Waals surface area contributed by atoms with Crippen molar-refractivity contribution in [2.24, 2.45) is 0 Å². The summed E-state index contributed by atoms with van der Waals surface area (Å²) in [7, 11) is -3.16. The Morgan fingerprint density at radius 1 is 1.43 bits per heavy atom. The molecule has 1 unspecified atom stereocenters. The number of sulfone groups is 1. The SMILES string of the molecule is O=S(=O)(c1[c]cccc1)C1CCNC1. The highest BCUT2D eigenvalue weighted by molar-refractivity contribution is 7.92. The van der Waals surface area contributed by atoms with Crippen molar-refractivity contribution in [3.63, 3.8) is 0 Å². The molecular formula is C10H12NO2S. The molecule has 0 aliphatic carbocycles. The van der Waals surface area contributed by atoms with Crippen molar-refractivity contribution in [1.29, 1.82) is 0 Å². The molecule has 1 saturated heterocycles. The van der Waals surface area contributed by atoms with E-state index in [2.05, 4.69) is 11.4 Å². The predicted molar refractivity (Wildman–Crippen MR) is 53.7 cm³/mol. The van der Waals surface area contributed by atoms with Crippen molar-refractivity contribution in [1.82, 2.24) is 5.32 Å². The molecule has 0 aromatic heterocycles. The normalized spacial score (nSPS) is 22.4. The van der Waals surface area contributed by atoms with Crippen LogP contribution in [0.15, 0.2) is 29.2 Å². The van der Waals surface area contributed by atoms with E-state index in [9.17, 15) is 8.42 Å². The molecule has 1 aromatic carbocycles. The minimum atomic E-state index is -3.16. The largest absolute Gasteiger partial charge is 0.315 e. The quantitative estimate of drug-likeness (QED) is 0.778. The van der Waals surface area contributed by atoms with Gasteiger partial charge in [0, 0.05) is 12.6 Å². The van der Waals surface area contributed by atoms with E-state index < -0.39 is 9.84 Å². The molecule has 1 radical (unpaired) electrons. The van der Waals surface area contributed by atoms with E-state index in [1.165, 1.54) is 0 Å². The second-order valence-corrected chi connectivity index (χ2v) is 5.58. The smallest absolute Gasteiger partial charge is 0.183 e. The van der Waals surface area contributed by atoms with Crippen molar-refractivity contribution in [3.8, 4) is 0 Å². The first-order valence-electron chi connectivity index (χ1n) is 4.62. The van der Waals surface area contributed by atoms with Crippen LogP contribution in [0, 0.1) is 6.07 Å². The van der Waals surface area contributed by atoms with Gasteiger partial charge in [0.1, 0.15) is 0 Å². The molecule has 0 bridgehead atoms. The van der Waals surface area contributed by atoms with Crippen LogP contribution in [0.25, 0.3) is 0 Å². The molecule has 1 aromatic rings. The summed E-state index contributed by atoms with van der Waals surface area (Å²) < 4.78 is 23.9. The van der Waals surface area contributed by atoms with Crippen LogP contribution in [-0.4, -0.2) is 26.8 Å². The zero-order chi connectivity index (χ0) is 10.0. The first-order valence-corrected chi connectivity index (χ1v) is 6.17. The third kappa shape index (κ3) is 1.67. The van der Waals surface area contributed by atoms with Gasteiger partial charge in [-0.2, -0.15) is 0 Å². The minimum absolute atomic E-state index is 0.277. The van der Waals surface area contributed by atoms with Gasteiger partial charge in [0.25, 0.3) is 0 Å². The van der Waals surface area contributed by atoms with Gasteiger partial charge >= 0.3 is 0 Å². The average Bonchev–Trinajstić information content (AvgIpc) is 2.72. The maximum absolute atomic E-state index is 12.0. The molecule has 1 heterocycles. The minimum Gasteiger partial charge on any atom is -0.315 e. The van der Waals surface area contributed by atoms with Crippen LogP contribution in [0.2, 0.25) is 0 Å². The Bertz CT molecular complexity index is 393. The standard InChI is InChI=1S/C10H12NO2S/c12-14(13,10-6-7-11-8-10)9-4-2-1-3-5-9/h1-4,10-11H,6-8H2. The molecule has 14 heavy (non-hydrogen) atoms. The fourth-order valence-corrected chi connectivity index (χ4v) is 3.25. The van der Waals surface area contributed by atoms with Crippen LogP contribution >= 0.6 is 0 Å². The van der Waals surface area contributed by atoms with Crippen molar-refractivity contribution < 1.29 is 8.42 Å². The van der Waals surface area contributed by atoms with Gasteiger partial charge in [-0.15, -0.1) is 0 Å². The Morgan fingerprint density at radius 3 is 2.86 bits per heavy atom. The zero-order valence-electron chi connectivity index (χ0n) is 7.73. The monoisotopic (exact) mass is 210 g/mol. The van der Waals surface area contributed by atoms with Crippen LogP contribution < -0.4 is 5.32 Å². The first-order chi connectivity index (χ1) is 6.71. The van der Waals surface area contributed by atoms with Gasteiger partial charge < -0.3 is 5.32 Å². The molecule has 0 amide bonds. The highest BCUT2D eigenvalue weighted by Gasteiger charge is 2.29. The van der Waals surface area contributed by atoms with Crippen molar-refractivity contribution in [2.45, 2.75) is 16.6 Å². The van der Waals surface area contributed by atoms with Gasteiger partial charge in [-0.25, -0.2) is 8.42 Å². The van der Waals surface area contributed by atoms with Gasteiger partial charge in [-0.05, 0) is 19.0 Å². The summed E-state index contributed by atoms with van der Waals surface area (Å²) in [4.78, 5) is 0.314. The van der Waals surface area contributed by atoms with Crippen LogP contribution in [0.4, 0.5) is 0 Å². The van der Waals surface area contributed by atoms with Gasteiger partial charge in [0.15, 0.2) is 9.84 Å². The lowest BCUT2D eigenvalue weighted by molar-refractivity contribution is 0.583. The molecule has 75 valence electrons. The summed E-state index contributed by atoms with van der Waals surface area (Å²) in [5.41, 5.74) is 0. The third-order valence-corrected chi connectivity index (χ3v) is 4.59. The fourth-order valence-electron chi connectivity index (χ4n) is 1.63. The lowest BCUT2D eigenvalue weighted by Crippen LogP contribution is -2.23. The number of nitrogens with one attached hydrogen (secondary N) is 1. The van der Waals surface area contributed by atoms with Crippen molar-refractivity contribution in [2.75, 3.05) is 13.1 Å². The molecule has 1 N–H and O–H groups in total. The fraction of sp³-hybridized carbons (Fsp3) is 0.400. The first kappa shape index (κ1) is 9.68. The third-order valence-electron chi connectivity index (χ3n) is 2.44. The van der Waals surface area contributed by atoms with E-state index in [-0.39, 0.29) is 5.25 Å². The highest BCUT2D eigenvalue weighted by atomic mass is 32.2. The van der Waals surface area contributed by atoms with Crippen LogP contribution in [0.3, 0.4) is 0 Å². The molecule has 1 atom stereocenters. The van der Waals surface area contributed by atoms with E-state index in [4.69, 9.17) is 0 Å². The molecule has 3 nitrogen and oxygen atoms in total. The van der Waals surface area contributed by atoms with Crippen LogP contribution in [0.5, 0.6) is 0 Å². The van der Waals surface area contributed by atoms with Gasteiger partial charge in [0.2, 0.25) is 0 Å². The molecule has 0 spiro atoms. The van der Waals surface area contributed by atoms with E-state index >= 15 is 0 Å². The Hall–Kier alpha value is -0.870. The van der Waals surface area contributed by atoms with E-state index in [1.807, 2.05) is 0 Å². The number of hydrogen-bond donors (Lipinski definition) is 1.